The van der Waals surface area contributed by atoms with Gasteiger partial charge in [-0.05, 0) is 37.8 Å². The van der Waals surface area contributed by atoms with Crippen LogP contribution in [0.4, 0.5) is 0 Å². The maximum absolute atomic E-state index is 12.7. The van der Waals surface area contributed by atoms with Gasteiger partial charge in [0.1, 0.15) is 12.1 Å². The van der Waals surface area contributed by atoms with E-state index in [0.717, 1.165) is 4.88 Å². The zero-order chi connectivity index (χ0) is 15.9. The van der Waals surface area contributed by atoms with Gasteiger partial charge in [0.25, 0.3) is 0 Å². The van der Waals surface area contributed by atoms with Gasteiger partial charge in [0.2, 0.25) is 11.8 Å². The molecule has 0 bridgehead atoms. The smallest absolute Gasteiger partial charge is 0.246 e. The average Bonchev–Trinajstić information content (AvgIpc) is 2.67. The predicted molar refractivity (Wildman–Crippen MR) is 85.2 cm³/mol. The minimum atomic E-state index is -0.455. The van der Waals surface area contributed by atoms with Gasteiger partial charge in [0.05, 0.1) is 6.54 Å². The van der Waals surface area contributed by atoms with Gasteiger partial charge in [-0.25, -0.2) is 0 Å². The lowest BCUT2D eigenvalue weighted by molar-refractivity contribution is -0.152. The third-order valence-corrected chi connectivity index (χ3v) is 5.21. The van der Waals surface area contributed by atoms with E-state index >= 15 is 0 Å². The number of nitrogens with one attached hydrogen (secondary N) is 1. The van der Waals surface area contributed by atoms with E-state index in [0.29, 0.717) is 6.54 Å². The molecule has 0 saturated carbocycles. The molecule has 0 spiro atoms. The average molecular weight is 308 g/mol. The van der Waals surface area contributed by atoms with Crippen LogP contribution >= 0.6 is 11.3 Å². The highest BCUT2D eigenvalue weighted by molar-refractivity contribution is 7.12. The highest BCUT2D eigenvalue weighted by Gasteiger charge is 2.43. The summed E-state index contributed by atoms with van der Waals surface area (Å²) in [7, 11) is 0. The maximum atomic E-state index is 12.7. The number of nitrogens with zero attached hydrogens (tertiary/aromatic N) is 1. The second-order valence-corrected chi connectivity index (χ2v) is 8.24. The largest absolute Gasteiger partial charge is 0.342 e. The summed E-state index contributed by atoms with van der Waals surface area (Å²) in [4.78, 5) is 29.0. The monoisotopic (exact) mass is 308 g/mol. The van der Waals surface area contributed by atoms with Crippen molar-refractivity contribution in [3.8, 4) is 0 Å². The molecule has 2 atom stereocenters. The van der Waals surface area contributed by atoms with E-state index < -0.39 is 12.1 Å². The Balaban J connectivity index is 2.26. The molecule has 0 aromatic carbocycles. The van der Waals surface area contributed by atoms with Crippen molar-refractivity contribution in [1.82, 2.24) is 10.2 Å². The molecule has 2 amide bonds. The molecule has 0 radical (unpaired) electrons. The molecule has 4 nitrogen and oxygen atoms in total. The SMILES string of the molecule is Cc1cc(CN2C(=O)C(C(C)(C)C)NC(=O)C2C)sc1C. The van der Waals surface area contributed by atoms with Crippen LogP contribution in [0.3, 0.4) is 0 Å². The van der Waals surface area contributed by atoms with Crippen molar-refractivity contribution in [3.63, 3.8) is 0 Å². The zero-order valence-electron chi connectivity index (χ0n) is 13.6. The number of carbonyl (C=O) groups is 2. The van der Waals surface area contributed by atoms with E-state index in [-0.39, 0.29) is 17.2 Å². The van der Waals surface area contributed by atoms with Crippen LogP contribution in [0.5, 0.6) is 0 Å². The summed E-state index contributed by atoms with van der Waals surface area (Å²) < 4.78 is 0. The van der Waals surface area contributed by atoms with E-state index in [1.165, 1.54) is 10.4 Å². The van der Waals surface area contributed by atoms with Gasteiger partial charge in [-0.2, -0.15) is 0 Å². The Bertz CT molecular complexity index is 552. The lowest BCUT2D eigenvalue weighted by Crippen LogP contribution is -2.65. The van der Waals surface area contributed by atoms with Crippen molar-refractivity contribution < 1.29 is 9.59 Å². The molecule has 1 fully saturated rings. The zero-order valence-corrected chi connectivity index (χ0v) is 14.4. The molecule has 1 aliphatic rings. The first-order valence-corrected chi connectivity index (χ1v) is 8.09. The van der Waals surface area contributed by atoms with E-state index in [9.17, 15) is 9.59 Å². The molecule has 1 aromatic heterocycles. The summed E-state index contributed by atoms with van der Waals surface area (Å²) in [5.74, 6) is -0.0576. The summed E-state index contributed by atoms with van der Waals surface area (Å²) >= 11 is 1.70. The fourth-order valence-corrected chi connectivity index (χ4v) is 3.57. The van der Waals surface area contributed by atoms with Crippen molar-refractivity contribution in [1.29, 1.82) is 0 Å². The van der Waals surface area contributed by atoms with Crippen LogP contribution in [0.25, 0.3) is 0 Å². The number of aryl methyl sites for hydroxylation is 2. The third-order valence-electron chi connectivity index (χ3n) is 4.07. The molecule has 2 rings (SSSR count). The van der Waals surface area contributed by atoms with Gasteiger partial charge >= 0.3 is 0 Å². The maximum Gasteiger partial charge on any atom is 0.246 e. The molecule has 1 N–H and O–H groups in total. The second kappa shape index (κ2) is 5.44. The lowest BCUT2D eigenvalue weighted by atomic mass is 9.84. The predicted octanol–water partition coefficient (Wildman–Crippen LogP) is 2.63. The van der Waals surface area contributed by atoms with Crippen LogP contribution in [0.2, 0.25) is 0 Å². The number of carbonyl (C=O) groups excluding carboxylic acids is 2. The van der Waals surface area contributed by atoms with Crippen molar-refractivity contribution in [2.75, 3.05) is 0 Å². The van der Waals surface area contributed by atoms with Gasteiger partial charge in [-0.1, -0.05) is 20.8 Å². The number of hydrogen-bond acceptors (Lipinski definition) is 3. The third kappa shape index (κ3) is 3.12. The molecule has 21 heavy (non-hydrogen) atoms. The van der Waals surface area contributed by atoms with E-state index in [4.69, 9.17) is 0 Å². The van der Waals surface area contributed by atoms with Crippen LogP contribution in [0.1, 0.15) is 43.0 Å². The summed E-state index contributed by atoms with van der Waals surface area (Å²) in [6, 6.07) is 1.24. The molecule has 2 unspecified atom stereocenters. The normalized spacial score (nSPS) is 23.4. The Morgan fingerprint density at radius 2 is 1.90 bits per heavy atom. The topological polar surface area (TPSA) is 49.4 Å². The second-order valence-electron chi connectivity index (χ2n) is 6.90. The molecular formula is C16H24N2O2S. The Labute approximate surface area is 130 Å². The highest BCUT2D eigenvalue weighted by Crippen LogP contribution is 2.28. The lowest BCUT2D eigenvalue weighted by Gasteiger charge is -2.42. The number of piperazine rings is 1. The minimum Gasteiger partial charge on any atom is -0.342 e. The van der Waals surface area contributed by atoms with Crippen LogP contribution in [-0.4, -0.2) is 28.8 Å². The van der Waals surface area contributed by atoms with Crippen LogP contribution in [0.15, 0.2) is 6.07 Å². The number of amides is 2. The van der Waals surface area contributed by atoms with Gasteiger partial charge in [-0.15, -0.1) is 11.3 Å². The molecule has 1 saturated heterocycles. The van der Waals surface area contributed by atoms with E-state index in [2.05, 4.69) is 25.2 Å². The summed E-state index contributed by atoms with van der Waals surface area (Å²) in [5.41, 5.74) is 0.954. The van der Waals surface area contributed by atoms with Crippen molar-refractivity contribution in [2.45, 2.75) is 60.2 Å². The van der Waals surface area contributed by atoms with Gasteiger partial charge in [0.15, 0.2) is 0 Å². The first kappa shape index (κ1) is 16.0. The Morgan fingerprint density at radius 1 is 1.29 bits per heavy atom. The number of thiophene rings is 1. The summed E-state index contributed by atoms with van der Waals surface area (Å²) in [5, 5.41) is 2.86. The highest BCUT2D eigenvalue weighted by atomic mass is 32.1. The minimum absolute atomic E-state index is 0.0123. The first-order chi connectivity index (χ1) is 9.61. The molecule has 1 aliphatic heterocycles. The van der Waals surface area contributed by atoms with Crippen molar-refractivity contribution in [3.05, 3.63) is 21.4 Å². The Kier molecular flexibility index (Phi) is 4.15. The van der Waals surface area contributed by atoms with Crippen LogP contribution in [0, 0.1) is 19.3 Å². The van der Waals surface area contributed by atoms with Gasteiger partial charge in [-0.3, -0.25) is 9.59 Å². The fourth-order valence-electron chi connectivity index (χ4n) is 2.52. The molecule has 1 aromatic rings. The molecular weight excluding hydrogens is 284 g/mol. The molecule has 5 heteroatoms. The summed E-state index contributed by atoms with van der Waals surface area (Å²) in [6.07, 6.45) is 0. The first-order valence-electron chi connectivity index (χ1n) is 7.28. The fraction of sp³-hybridized carbons (Fsp3) is 0.625. The van der Waals surface area contributed by atoms with E-state index in [1.807, 2.05) is 20.8 Å². The van der Waals surface area contributed by atoms with Gasteiger partial charge < -0.3 is 10.2 Å². The summed E-state index contributed by atoms with van der Waals surface area (Å²) in [6.45, 7) is 12.4. The Morgan fingerprint density at radius 3 is 2.38 bits per heavy atom. The van der Waals surface area contributed by atoms with E-state index in [1.54, 1.807) is 23.2 Å². The molecule has 116 valence electrons. The molecule has 0 aliphatic carbocycles. The Hall–Kier alpha value is -1.36. The van der Waals surface area contributed by atoms with Crippen LogP contribution < -0.4 is 5.32 Å². The van der Waals surface area contributed by atoms with Crippen LogP contribution in [-0.2, 0) is 16.1 Å². The van der Waals surface area contributed by atoms with Gasteiger partial charge in [0, 0.05) is 9.75 Å². The van der Waals surface area contributed by atoms with Crippen molar-refractivity contribution in [2.24, 2.45) is 5.41 Å². The standard InChI is InChI=1S/C16H24N2O2S/c1-9-7-12(21-11(9)3)8-18-10(2)14(19)17-13(15(18)20)16(4,5)6/h7,10,13H,8H2,1-6H3,(H,17,19). The van der Waals surface area contributed by atoms with Crippen molar-refractivity contribution >= 4 is 23.2 Å². The molecule has 2 heterocycles. The number of rotatable bonds is 2. The quantitative estimate of drug-likeness (QED) is 0.913. The number of hydrogen-bond donors (Lipinski definition) is 1.